The number of hydrogen-bond acceptors (Lipinski definition) is 4. The molecule has 92 valence electrons. The Morgan fingerprint density at radius 1 is 1.44 bits per heavy atom. The Morgan fingerprint density at radius 3 is 2.62 bits per heavy atom. The van der Waals surface area contributed by atoms with Crippen LogP contribution in [-0.2, 0) is 9.59 Å². The highest BCUT2D eigenvalue weighted by atomic mass is 16.4. The lowest BCUT2D eigenvalue weighted by molar-refractivity contribution is -0.141. The lowest BCUT2D eigenvalue weighted by Gasteiger charge is -2.26. The zero-order chi connectivity index (χ0) is 12.0. The first-order chi connectivity index (χ1) is 7.59. The first-order valence-electron chi connectivity index (χ1n) is 5.52. The summed E-state index contributed by atoms with van der Waals surface area (Å²) in [4.78, 5) is 24.1. The number of carbonyl (C=O) groups excluding carboxylic acids is 1. The number of amides is 1. The van der Waals surface area contributed by atoms with E-state index in [4.69, 9.17) is 5.11 Å². The van der Waals surface area contributed by atoms with Crippen molar-refractivity contribution in [2.24, 2.45) is 5.92 Å². The van der Waals surface area contributed by atoms with E-state index in [9.17, 15) is 9.59 Å². The Morgan fingerprint density at radius 2 is 2.06 bits per heavy atom. The summed E-state index contributed by atoms with van der Waals surface area (Å²) in [7, 11) is 0. The van der Waals surface area contributed by atoms with Crippen molar-refractivity contribution in [2.45, 2.75) is 6.92 Å². The summed E-state index contributed by atoms with van der Waals surface area (Å²) < 4.78 is 0. The number of carbonyl (C=O) groups is 2. The van der Waals surface area contributed by atoms with Gasteiger partial charge in [-0.05, 0) is 0 Å². The van der Waals surface area contributed by atoms with Gasteiger partial charge in [-0.2, -0.15) is 0 Å². The van der Waals surface area contributed by atoms with Crippen LogP contribution in [0.15, 0.2) is 0 Å². The molecule has 1 unspecified atom stereocenters. The fourth-order valence-electron chi connectivity index (χ4n) is 1.48. The number of rotatable bonds is 5. The van der Waals surface area contributed by atoms with Gasteiger partial charge in [0.1, 0.15) is 0 Å². The number of nitrogens with zero attached hydrogens (tertiary/aromatic N) is 1. The monoisotopic (exact) mass is 229 g/mol. The third-order valence-corrected chi connectivity index (χ3v) is 2.60. The second-order valence-corrected chi connectivity index (χ2v) is 4.07. The average molecular weight is 229 g/mol. The van der Waals surface area contributed by atoms with Crippen LogP contribution < -0.4 is 10.6 Å². The summed E-state index contributed by atoms with van der Waals surface area (Å²) >= 11 is 0. The highest BCUT2D eigenvalue weighted by molar-refractivity contribution is 5.79. The molecule has 16 heavy (non-hydrogen) atoms. The summed E-state index contributed by atoms with van der Waals surface area (Å²) in [5.41, 5.74) is 0. The Bertz CT molecular complexity index is 252. The summed E-state index contributed by atoms with van der Waals surface area (Å²) in [6, 6.07) is 0. The summed E-state index contributed by atoms with van der Waals surface area (Å²) in [5, 5.41) is 14.5. The zero-order valence-electron chi connectivity index (χ0n) is 9.53. The first-order valence-corrected chi connectivity index (χ1v) is 5.52. The molecule has 1 aliphatic heterocycles. The van der Waals surface area contributed by atoms with Gasteiger partial charge in [-0.1, -0.05) is 6.92 Å². The predicted octanol–water partition coefficient (Wildman–Crippen LogP) is -1.27. The van der Waals surface area contributed by atoms with Gasteiger partial charge in [-0.15, -0.1) is 0 Å². The molecule has 1 fully saturated rings. The molecule has 0 aliphatic carbocycles. The van der Waals surface area contributed by atoms with Crippen molar-refractivity contribution in [3.63, 3.8) is 0 Å². The van der Waals surface area contributed by atoms with Crippen LogP contribution in [0.25, 0.3) is 0 Å². The summed E-state index contributed by atoms with van der Waals surface area (Å²) in [5.74, 6) is -1.52. The number of piperazine rings is 1. The van der Waals surface area contributed by atoms with Crippen LogP contribution in [0.1, 0.15) is 6.92 Å². The molecule has 1 atom stereocenters. The number of aliphatic carboxylic acids is 1. The highest BCUT2D eigenvalue weighted by Gasteiger charge is 2.15. The molecule has 1 amide bonds. The molecule has 0 aromatic heterocycles. The normalized spacial score (nSPS) is 19.1. The quantitative estimate of drug-likeness (QED) is 0.547. The first kappa shape index (κ1) is 12.9. The minimum atomic E-state index is -0.887. The van der Waals surface area contributed by atoms with Crippen LogP contribution in [0.5, 0.6) is 0 Å². The Labute approximate surface area is 95.0 Å². The predicted molar refractivity (Wildman–Crippen MR) is 59.1 cm³/mol. The Hall–Kier alpha value is -1.14. The van der Waals surface area contributed by atoms with E-state index in [2.05, 4.69) is 15.5 Å². The van der Waals surface area contributed by atoms with Crippen molar-refractivity contribution >= 4 is 11.9 Å². The van der Waals surface area contributed by atoms with Gasteiger partial charge in [0.15, 0.2) is 0 Å². The second-order valence-electron chi connectivity index (χ2n) is 4.07. The van der Waals surface area contributed by atoms with Crippen LogP contribution in [0.2, 0.25) is 0 Å². The van der Waals surface area contributed by atoms with Crippen molar-refractivity contribution in [3.8, 4) is 0 Å². The van der Waals surface area contributed by atoms with E-state index in [1.54, 1.807) is 6.92 Å². The second kappa shape index (κ2) is 6.44. The molecular weight excluding hydrogens is 210 g/mol. The van der Waals surface area contributed by atoms with E-state index in [0.717, 1.165) is 26.2 Å². The molecular formula is C10H19N3O3. The maximum Gasteiger partial charge on any atom is 0.308 e. The van der Waals surface area contributed by atoms with Crippen molar-refractivity contribution in [1.29, 1.82) is 0 Å². The van der Waals surface area contributed by atoms with Crippen molar-refractivity contribution in [3.05, 3.63) is 0 Å². The van der Waals surface area contributed by atoms with Crippen molar-refractivity contribution < 1.29 is 14.7 Å². The van der Waals surface area contributed by atoms with E-state index in [0.29, 0.717) is 6.54 Å². The molecule has 0 saturated carbocycles. The maximum atomic E-state index is 11.5. The Balaban J connectivity index is 2.17. The minimum absolute atomic E-state index is 0.102. The average Bonchev–Trinajstić information content (AvgIpc) is 2.27. The van der Waals surface area contributed by atoms with Gasteiger partial charge in [0, 0.05) is 32.7 Å². The standard InChI is InChI=1S/C10H19N3O3/c1-8(10(15)16)6-12-9(14)7-13-4-2-11-3-5-13/h8,11H,2-7H2,1H3,(H,12,14)(H,15,16). The lowest BCUT2D eigenvalue weighted by atomic mass is 10.2. The fourth-order valence-corrected chi connectivity index (χ4v) is 1.48. The van der Waals surface area contributed by atoms with E-state index in [1.165, 1.54) is 0 Å². The minimum Gasteiger partial charge on any atom is -0.481 e. The smallest absolute Gasteiger partial charge is 0.308 e. The molecule has 6 nitrogen and oxygen atoms in total. The number of carboxylic acids is 1. The summed E-state index contributed by atoms with van der Waals surface area (Å²) in [6.45, 7) is 5.66. The molecule has 0 aromatic rings. The van der Waals surface area contributed by atoms with Gasteiger partial charge in [0.25, 0.3) is 0 Å². The van der Waals surface area contributed by atoms with Crippen molar-refractivity contribution in [2.75, 3.05) is 39.3 Å². The SMILES string of the molecule is CC(CNC(=O)CN1CCNCC1)C(=O)O. The van der Waals surface area contributed by atoms with E-state index >= 15 is 0 Å². The van der Waals surface area contributed by atoms with Gasteiger partial charge in [-0.25, -0.2) is 0 Å². The summed E-state index contributed by atoms with van der Waals surface area (Å²) in [6.07, 6.45) is 0. The van der Waals surface area contributed by atoms with Crippen LogP contribution in [-0.4, -0.2) is 61.2 Å². The molecule has 0 aromatic carbocycles. The molecule has 1 aliphatic rings. The van der Waals surface area contributed by atoms with Gasteiger partial charge >= 0.3 is 5.97 Å². The zero-order valence-corrected chi connectivity index (χ0v) is 9.53. The van der Waals surface area contributed by atoms with Crippen LogP contribution in [0.3, 0.4) is 0 Å². The number of hydrogen-bond donors (Lipinski definition) is 3. The van der Waals surface area contributed by atoms with Crippen molar-refractivity contribution in [1.82, 2.24) is 15.5 Å². The topological polar surface area (TPSA) is 81.7 Å². The largest absolute Gasteiger partial charge is 0.481 e. The van der Waals surface area contributed by atoms with Gasteiger partial charge < -0.3 is 15.7 Å². The maximum absolute atomic E-state index is 11.5. The van der Waals surface area contributed by atoms with Gasteiger partial charge in [0.05, 0.1) is 12.5 Å². The van der Waals surface area contributed by atoms with Crippen LogP contribution >= 0.6 is 0 Å². The highest BCUT2D eigenvalue weighted by Crippen LogP contribution is 1.93. The van der Waals surface area contributed by atoms with Crippen LogP contribution in [0.4, 0.5) is 0 Å². The lowest BCUT2D eigenvalue weighted by Crippen LogP contribution is -2.48. The molecule has 1 saturated heterocycles. The van der Waals surface area contributed by atoms with E-state index < -0.39 is 11.9 Å². The van der Waals surface area contributed by atoms with Gasteiger partial charge in [0.2, 0.25) is 5.91 Å². The molecule has 1 rings (SSSR count). The van der Waals surface area contributed by atoms with Crippen LogP contribution in [0, 0.1) is 5.92 Å². The Kier molecular flexibility index (Phi) is 5.21. The molecule has 1 heterocycles. The van der Waals surface area contributed by atoms with E-state index in [-0.39, 0.29) is 12.5 Å². The van der Waals surface area contributed by atoms with E-state index in [1.807, 2.05) is 0 Å². The number of carboxylic acid groups (broad SMARTS) is 1. The molecule has 0 bridgehead atoms. The molecule has 3 N–H and O–H groups in total. The van der Waals surface area contributed by atoms with Gasteiger partial charge in [-0.3, -0.25) is 14.5 Å². The fraction of sp³-hybridized carbons (Fsp3) is 0.800. The molecule has 0 spiro atoms. The molecule has 6 heteroatoms. The third kappa shape index (κ3) is 4.59. The third-order valence-electron chi connectivity index (χ3n) is 2.60. The number of nitrogens with one attached hydrogen (secondary N) is 2. The molecule has 0 radical (unpaired) electrons.